The van der Waals surface area contributed by atoms with Gasteiger partial charge in [0.05, 0.1) is 11.3 Å². The molecular weight excluding hydrogens is 318 g/mol. The van der Waals surface area contributed by atoms with Gasteiger partial charge < -0.3 is 4.90 Å². The van der Waals surface area contributed by atoms with Crippen molar-refractivity contribution in [3.8, 4) is 6.07 Å². The molecule has 1 amide bonds. The average molecular weight is 348 g/mol. The SMILES string of the molecule is Cc1nc(SCC(=O)N(CC(C)C)CC(C)C)c(C#N)c(C)c1C. The zero-order valence-corrected chi connectivity index (χ0v) is 16.8. The van der Waals surface area contributed by atoms with Crippen LogP contribution in [0.25, 0.3) is 0 Å². The Hall–Kier alpha value is -1.54. The van der Waals surface area contributed by atoms with Gasteiger partial charge >= 0.3 is 0 Å². The van der Waals surface area contributed by atoms with E-state index in [-0.39, 0.29) is 5.91 Å². The first-order valence-electron chi connectivity index (χ1n) is 8.45. The van der Waals surface area contributed by atoms with Crippen molar-refractivity contribution in [2.75, 3.05) is 18.8 Å². The van der Waals surface area contributed by atoms with Crippen LogP contribution in [0.2, 0.25) is 0 Å². The van der Waals surface area contributed by atoms with Crippen molar-refractivity contribution in [1.82, 2.24) is 9.88 Å². The summed E-state index contributed by atoms with van der Waals surface area (Å²) >= 11 is 1.37. The number of hydrogen-bond donors (Lipinski definition) is 0. The highest BCUT2D eigenvalue weighted by Gasteiger charge is 2.19. The van der Waals surface area contributed by atoms with E-state index < -0.39 is 0 Å². The van der Waals surface area contributed by atoms with Gasteiger partial charge in [0.1, 0.15) is 11.1 Å². The van der Waals surface area contributed by atoms with Crippen LogP contribution >= 0.6 is 11.8 Å². The molecule has 0 atom stereocenters. The van der Waals surface area contributed by atoms with Gasteiger partial charge in [-0.3, -0.25) is 4.79 Å². The van der Waals surface area contributed by atoms with Gasteiger partial charge in [-0.15, -0.1) is 0 Å². The molecule has 0 fully saturated rings. The summed E-state index contributed by atoms with van der Waals surface area (Å²) in [6.07, 6.45) is 0. The number of aromatic nitrogens is 1. The quantitative estimate of drug-likeness (QED) is 0.697. The lowest BCUT2D eigenvalue weighted by Gasteiger charge is -2.26. The number of nitrogens with zero attached hydrogens (tertiary/aromatic N) is 3. The van der Waals surface area contributed by atoms with Crippen molar-refractivity contribution in [2.24, 2.45) is 11.8 Å². The lowest BCUT2D eigenvalue weighted by molar-refractivity contribution is -0.129. The van der Waals surface area contributed by atoms with Crippen LogP contribution in [0.5, 0.6) is 0 Å². The molecule has 1 aromatic rings. The maximum atomic E-state index is 12.6. The van der Waals surface area contributed by atoms with Gasteiger partial charge in [0.25, 0.3) is 0 Å². The normalized spacial score (nSPS) is 11.0. The molecule has 5 heteroatoms. The maximum absolute atomic E-state index is 12.6. The van der Waals surface area contributed by atoms with Gasteiger partial charge in [0, 0.05) is 18.8 Å². The van der Waals surface area contributed by atoms with Crippen LogP contribution in [-0.2, 0) is 4.79 Å². The summed E-state index contributed by atoms with van der Waals surface area (Å²) in [7, 11) is 0. The zero-order valence-electron chi connectivity index (χ0n) is 15.9. The number of aryl methyl sites for hydroxylation is 1. The average Bonchev–Trinajstić information content (AvgIpc) is 2.48. The third-order valence-electron chi connectivity index (χ3n) is 3.93. The van der Waals surface area contributed by atoms with Crippen LogP contribution in [-0.4, -0.2) is 34.6 Å². The molecule has 0 aliphatic carbocycles. The molecule has 0 aromatic carbocycles. The molecule has 0 saturated heterocycles. The lowest BCUT2D eigenvalue weighted by atomic mass is 10.1. The van der Waals surface area contributed by atoms with Crippen LogP contribution in [0.15, 0.2) is 5.03 Å². The third kappa shape index (κ3) is 5.52. The fourth-order valence-electron chi connectivity index (χ4n) is 2.53. The number of hydrogen-bond acceptors (Lipinski definition) is 4. The monoisotopic (exact) mass is 347 g/mol. The lowest BCUT2D eigenvalue weighted by Crippen LogP contribution is -2.38. The Balaban J connectivity index is 2.91. The van der Waals surface area contributed by atoms with Crippen molar-refractivity contribution >= 4 is 17.7 Å². The van der Waals surface area contributed by atoms with E-state index in [4.69, 9.17) is 0 Å². The van der Waals surface area contributed by atoms with Crippen molar-refractivity contribution < 1.29 is 4.79 Å². The van der Waals surface area contributed by atoms with Gasteiger partial charge in [-0.1, -0.05) is 39.5 Å². The molecule has 0 radical (unpaired) electrons. The molecule has 0 spiro atoms. The Morgan fingerprint density at radius 1 is 1.12 bits per heavy atom. The number of carbonyl (C=O) groups is 1. The molecule has 0 bridgehead atoms. The first kappa shape index (κ1) is 20.5. The standard InChI is InChI=1S/C19H29N3OS/c1-12(2)9-22(10-13(3)4)18(23)11-24-19-17(8-20)15(6)14(5)16(7)21-19/h12-13H,9-11H2,1-7H3. The molecule has 4 nitrogen and oxygen atoms in total. The molecule has 0 aliphatic heterocycles. The van der Waals surface area contributed by atoms with Crippen LogP contribution in [0.3, 0.4) is 0 Å². The second-order valence-electron chi connectivity index (χ2n) is 7.11. The molecule has 0 unspecified atom stereocenters. The van der Waals surface area contributed by atoms with E-state index in [1.807, 2.05) is 25.7 Å². The van der Waals surface area contributed by atoms with E-state index in [9.17, 15) is 10.1 Å². The highest BCUT2D eigenvalue weighted by atomic mass is 32.2. The molecule has 132 valence electrons. The number of pyridine rings is 1. The molecule has 1 aromatic heterocycles. The molecular formula is C19H29N3OS. The van der Waals surface area contributed by atoms with Gasteiger partial charge in [0.15, 0.2) is 0 Å². The van der Waals surface area contributed by atoms with Crippen molar-refractivity contribution in [2.45, 2.75) is 53.5 Å². The van der Waals surface area contributed by atoms with Gasteiger partial charge in [-0.2, -0.15) is 5.26 Å². The maximum Gasteiger partial charge on any atom is 0.233 e. The highest BCUT2D eigenvalue weighted by Crippen LogP contribution is 2.26. The topological polar surface area (TPSA) is 57.0 Å². The van der Waals surface area contributed by atoms with Crippen molar-refractivity contribution in [3.05, 3.63) is 22.4 Å². The van der Waals surface area contributed by atoms with E-state index in [0.29, 0.717) is 28.2 Å². The summed E-state index contributed by atoms with van der Waals surface area (Å²) in [4.78, 5) is 19.1. The first-order chi connectivity index (χ1) is 11.2. The largest absolute Gasteiger partial charge is 0.341 e. The molecule has 24 heavy (non-hydrogen) atoms. The summed E-state index contributed by atoms with van der Waals surface area (Å²) < 4.78 is 0. The molecule has 1 heterocycles. The Kier molecular flexibility index (Phi) is 7.75. The van der Waals surface area contributed by atoms with Crippen LogP contribution in [0, 0.1) is 43.9 Å². The van der Waals surface area contributed by atoms with E-state index in [1.165, 1.54) is 11.8 Å². The fourth-order valence-corrected chi connectivity index (χ4v) is 3.52. The number of nitriles is 1. The minimum Gasteiger partial charge on any atom is -0.341 e. The number of rotatable bonds is 7. The smallest absolute Gasteiger partial charge is 0.233 e. The molecule has 0 N–H and O–H groups in total. The Morgan fingerprint density at radius 3 is 2.12 bits per heavy atom. The van der Waals surface area contributed by atoms with Crippen LogP contribution in [0.4, 0.5) is 0 Å². The minimum absolute atomic E-state index is 0.115. The van der Waals surface area contributed by atoms with Crippen LogP contribution in [0.1, 0.15) is 50.1 Å². The molecule has 0 saturated carbocycles. The zero-order chi connectivity index (χ0) is 18.4. The summed E-state index contributed by atoms with van der Waals surface area (Å²) in [5.74, 6) is 1.32. The van der Waals surface area contributed by atoms with E-state index in [0.717, 1.165) is 29.9 Å². The summed E-state index contributed by atoms with van der Waals surface area (Å²) in [5, 5.41) is 10.1. The number of thioether (sulfide) groups is 1. The fraction of sp³-hybridized carbons (Fsp3) is 0.632. The van der Waals surface area contributed by atoms with Crippen molar-refractivity contribution in [3.63, 3.8) is 0 Å². The predicted molar refractivity (Wildman–Crippen MR) is 100 cm³/mol. The predicted octanol–water partition coefficient (Wildman–Crippen LogP) is 4.11. The third-order valence-corrected chi connectivity index (χ3v) is 4.89. The minimum atomic E-state index is 0.115. The highest BCUT2D eigenvalue weighted by molar-refractivity contribution is 8.00. The first-order valence-corrected chi connectivity index (χ1v) is 9.44. The summed E-state index contributed by atoms with van der Waals surface area (Å²) in [5.41, 5.74) is 3.52. The molecule has 0 aliphatic rings. The Bertz CT molecular complexity index is 622. The van der Waals surface area contributed by atoms with E-state index >= 15 is 0 Å². The van der Waals surface area contributed by atoms with Gasteiger partial charge in [-0.05, 0) is 43.7 Å². The van der Waals surface area contributed by atoms with E-state index in [1.54, 1.807) is 0 Å². The van der Waals surface area contributed by atoms with E-state index in [2.05, 4.69) is 38.7 Å². The van der Waals surface area contributed by atoms with Crippen LogP contribution < -0.4 is 0 Å². The Labute approximate surface area is 150 Å². The molecule has 1 rings (SSSR count). The van der Waals surface area contributed by atoms with Gasteiger partial charge in [0.2, 0.25) is 5.91 Å². The second-order valence-corrected chi connectivity index (χ2v) is 8.08. The number of carbonyl (C=O) groups excluding carboxylic acids is 1. The Morgan fingerprint density at radius 2 is 1.67 bits per heavy atom. The van der Waals surface area contributed by atoms with Gasteiger partial charge in [-0.25, -0.2) is 4.98 Å². The number of amides is 1. The van der Waals surface area contributed by atoms with Crippen molar-refractivity contribution in [1.29, 1.82) is 5.26 Å². The second kappa shape index (κ2) is 9.08. The summed E-state index contributed by atoms with van der Waals surface area (Å²) in [6, 6.07) is 2.24. The summed E-state index contributed by atoms with van der Waals surface area (Å²) in [6.45, 7) is 15.9.